The van der Waals surface area contributed by atoms with Crippen LogP contribution >= 0.6 is 0 Å². The molecule has 0 aliphatic heterocycles. The number of aryl methyl sites for hydroxylation is 1. The van der Waals surface area contributed by atoms with E-state index in [0.717, 1.165) is 41.2 Å². The Labute approximate surface area is 159 Å². The summed E-state index contributed by atoms with van der Waals surface area (Å²) in [5.74, 6) is 1.34. The molecule has 5 heteroatoms. The second-order valence-electron chi connectivity index (χ2n) is 6.33. The highest BCUT2D eigenvalue weighted by molar-refractivity contribution is 5.78. The third-order valence-corrected chi connectivity index (χ3v) is 4.47. The molecule has 0 aliphatic rings. The second kappa shape index (κ2) is 9.03. The Hall–Kier alpha value is -3.08. The maximum absolute atomic E-state index is 12.4. The van der Waals surface area contributed by atoms with E-state index in [-0.39, 0.29) is 18.6 Å². The van der Waals surface area contributed by atoms with E-state index in [1.807, 2.05) is 61.5 Å². The minimum absolute atomic E-state index is 0.0141. The van der Waals surface area contributed by atoms with Gasteiger partial charge in [-0.1, -0.05) is 62.4 Å². The maximum atomic E-state index is 12.4. The lowest BCUT2D eigenvalue weighted by atomic mass is 10.1. The van der Waals surface area contributed by atoms with E-state index < -0.39 is 0 Å². The van der Waals surface area contributed by atoms with Gasteiger partial charge >= 0.3 is 0 Å². The summed E-state index contributed by atoms with van der Waals surface area (Å²) in [7, 11) is 0. The highest BCUT2D eigenvalue weighted by Gasteiger charge is 2.17. The van der Waals surface area contributed by atoms with E-state index in [0.29, 0.717) is 0 Å². The Morgan fingerprint density at radius 3 is 2.59 bits per heavy atom. The molecule has 0 spiro atoms. The average Bonchev–Trinajstić information content (AvgIpc) is 3.21. The van der Waals surface area contributed by atoms with Crippen LogP contribution in [-0.4, -0.2) is 22.5 Å². The fourth-order valence-electron chi connectivity index (χ4n) is 2.96. The third kappa shape index (κ3) is 4.76. The molecule has 0 aliphatic carbocycles. The number of hydrogen-bond acceptors (Lipinski definition) is 3. The van der Waals surface area contributed by atoms with Gasteiger partial charge in [0.2, 0.25) is 0 Å². The van der Waals surface area contributed by atoms with Crippen molar-refractivity contribution in [2.75, 3.05) is 6.61 Å². The lowest BCUT2D eigenvalue weighted by molar-refractivity contribution is -0.123. The van der Waals surface area contributed by atoms with Crippen LogP contribution in [0.5, 0.6) is 5.75 Å². The summed E-state index contributed by atoms with van der Waals surface area (Å²) in [5, 5.41) is 3.00. The van der Waals surface area contributed by atoms with Gasteiger partial charge in [0.1, 0.15) is 11.6 Å². The van der Waals surface area contributed by atoms with Crippen LogP contribution in [-0.2, 0) is 11.2 Å². The first-order valence-corrected chi connectivity index (χ1v) is 9.31. The van der Waals surface area contributed by atoms with Crippen molar-refractivity contribution >= 4 is 5.91 Å². The zero-order valence-corrected chi connectivity index (χ0v) is 15.7. The van der Waals surface area contributed by atoms with Gasteiger partial charge < -0.3 is 15.0 Å². The van der Waals surface area contributed by atoms with Crippen LogP contribution in [0.3, 0.4) is 0 Å². The zero-order chi connectivity index (χ0) is 19.1. The number of nitrogens with zero attached hydrogens (tertiary/aromatic N) is 1. The van der Waals surface area contributed by atoms with Gasteiger partial charge in [-0.3, -0.25) is 4.79 Å². The van der Waals surface area contributed by atoms with Crippen molar-refractivity contribution in [3.8, 4) is 17.0 Å². The standard InChI is InChI=1S/C22H25N3O2/c1-3-16-10-8-9-13-20(16)27-15-21(26)24-18(4-2)22-23-14-19(25-22)17-11-6-5-7-12-17/h5-14,18H,3-4,15H2,1-2H3,(H,23,25)(H,24,26). The molecule has 0 radical (unpaired) electrons. The van der Waals surface area contributed by atoms with Gasteiger partial charge in [0, 0.05) is 0 Å². The lowest BCUT2D eigenvalue weighted by Gasteiger charge is -2.16. The van der Waals surface area contributed by atoms with Gasteiger partial charge in [-0.05, 0) is 30.0 Å². The van der Waals surface area contributed by atoms with Gasteiger partial charge in [-0.2, -0.15) is 0 Å². The van der Waals surface area contributed by atoms with Crippen LogP contribution in [0.1, 0.15) is 37.7 Å². The van der Waals surface area contributed by atoms with Crippen molar-refractivity contribution in [2.24, 2.45) is 0 Å². The van der Waals surface area contributed by atoms with Gasteiger partial charge in [-0.15, -0.1) is 0 Å². The molecule has 0 bridgehead atoms. The first kappa shape index (κ1) is 18.7. The monoisotopic (exact) mass is 363 g/mol. The molecule has 1 amide bonds. The van der Waals surface area contributed by atoms with Crippen molar-refractivity contribution in [1.82, 2.24) is 15.3 Å². The number of carbonyl (C=O) groups is 1. The number of rotatable bonds is 8. The molecule has 2 aromatic carbocycles. The summed E-state index contributed by atoms with van der Waals surface area (Å²) in [4.78, 5) is 20.1. The topological polar surface area (TPSA) is 67.0 Å². The average molecular weight is 363 g/mol. The SMILES string of the molecule is CCc1ccccc1OCC(=O)NC(CC)c1ncc(-c2ccccc2)[nH]1. The number of para-hydroxylation sites is 1. The third-order valence-electron chi connectivity index (χ3n) is 4.47. The van der Waals surface area contributed by atoms with Crippen LogP contribution in [0.25, 0.3) is 11.3 Å². The highest BCUT2D eigenvalue weighted by Crippen LogP contribution is 2.21. The number of nitrogens with one attached hydrogen (secondary N) is 2. The minimum Gasteiger partial charge on any atom is -0.483 e. The lowest BCUT2D eigenvalue weighted by Crippen LogP contribution is -2.33. The minimum atomic E-state index is -0.181. The summed E-state index contributed by atoms with van der Waals surface area (Å²) < 4.78 is 5.70. The Bertz CT molecular complexity index is 874. The molecule has 27 heavy (non-hydrogen) atoms. The maximum Gasteiger partial charge on any atom is 0.258 e. The highest BCUT2D eigenvalue weighted by atomic mass is 16.5. The predicted molar refractivity (Wildman–Crippen MR) is 107 cm³/mol. The number of amides is 1. The van der Waals surface area contributed by atoms with Gasteiger partial charge in [-0.25, -0.2) is 4.98 Å². The zero-order valence-electron chi connectivity index (χ0n) is 15.7. The largest absolute Gasteiger partial charge is 0.483 e. The van der Waals surface area contributed by atoms with Crippen molar-refractivity contribution in [1.29, 1.82) is 0 Å². The predicted octanol–water partition coefficient (Wildman–Crippen LogP) is 4.29. The molecule has 1 unspecified atom stereocenters. The van der Waals surface area contributed by atoms with E-state index in [9.17, 15) is 4.79 Å². The van der Waals surface area contributed by atoms with Crippen LogP contribution in [0, 0.1) is 0 Å². The molecule has 1 aromatic heterocycles. The molecule has 3 aromatic rings. The molecular weight excluding hydrogens is 338 g/mol. The number of carbonyl (C=O) groups excluding carboxylic acids is 1. The summed E-state index contributed by atoms with van der Waals surface area (Å²) in [6.45, 7) is 4.07. The number of hydrogen-bond donors (Lipinski definition) is 2. The molecule has 1 atom stereocenters. The number of aromatic amines is 1. The Morgan fingerprint density at radius 1 is 1.11 bits per heavy atom. The van der Waals surface area contributed by atoms with E-state index in [1.54, 1.807) is 6.20 Å². The molecule has 0 fully saturated rings. The van der Waals surface area contributed by atoms with Gasteiger partial charge in [0.15, 0.2) is 6.61 Å². The second-order valence-corrected chi connectivity index (χ2v) is 6.33. The molecule has 0 saturated heterocycles. The number of imidazole rings is 1. The molecule has 1 heterocycles. The molecule has 5 nitrogen and oxygen atoms in total. The summed E-state index contributed by atoms with van der Waals surface area (Å²) in [6.07, 6.45) is 3.40. The molecule has 2 N–H and O–H groups in total. The summed E-state index contributed by atoms with van der Waals surface area (Å²) >= 11 is 0. The van der Waals surface area contributed by atoms with Crippen molar-refractivity contribution in [3.05, 3.63) is 72.2 Å². The molecular formula is C22H25N3O2. The van der Waals surface area contributed by atoms with Crippen LogP contribution in [0.2, 0.25) is 0 Å². The number of H-pyrrole nitrogens is 1. The van der Waals surface area contributed by atoms with Crippen LogP contribution < -0.4 is 10.1 Å². The normalized spacial score (nSPS) is 11.8. The molecule has 0 saturated carbocycles. The van der Waals surface area contributed by atoms with Crippen molar-refractivity contribution in [3.63, 3.8) is 0 Å². The van der Waals surface area contributed by atoms with E-state index in [1.165, 1.54) is 0 Å². The number of ether oxygens (including phenoxy) is 1. The summed E-state index contributed by atoms with van der Waals surface area (Å²) in [6, 6.07) is 17.6. The van der Waals surface area contributed by atoms with Crippen molar-refractivity contribution < 1.29 is 9.53 Å². The Kier molecular flexibility index (Phi) is 6.26. The first-order valence-electron chi connectivity index (χ1n) is 9.31. The Morgan fingerprint density at radius 2 is 1.85 bits per heavy atom. The van der Waals surface area contributed by atoms with Crippen LogP contribution in [0.4, 0.5) is 0 Å². The van der Waals surface area contributed by atoms with Crippen LogP contribution in [0.15, 0.2) is 60.8 Å². The molecule has 140 valence electrons. The quantitative estimate of drug-likeness (QED) is 0.627. The number of aromatic nitrogens is 2. The number of benzene rings is 2. The molecule has 3 rings (SSSR count). The smallest absolute Gasteiger partial charge is 0.258 e. The van der Waals surface area contributed by atoms with Gasteiger partial charge in [0.25, 0.3) is 5.91 Å². The summed E-state index contributed by atoms with van der Waals surface area (Å²) in [5.41, 5.74) is 3.10. The van der Waals surface area contributed by atoms with E-state index in [2.05, 4.69) is 22.2 Å². The fourth-order valence-corrected chi connectivity index (χ4v) is 2.96. The van der Waals surface area contributed by atoms with E-state index in [4.69, 9.17) is 4.74 Å². The fraction of sp³-hybridized carbons (Fsp3) is 0.273. The first-order chi connectivity index (χ1) is 13.2. The van der Waals surface area contributed by atoms with Crippen molar-refractivity contribution in [2.45, 2.75) is 32.7 Å². The van der Waals surface area contributed by atoms with Gasteiger partial charge in [0.05, 0.1) is 17.9 Å². The Balaban J connectivity index is 1.61. The van der Waals surface area contributed by atoms with E-state index >= 15 is 0 Å².